The van der Waals surface area contributed by atoms with E-state index in [0.29, 0.717) is 13.1 Å². The second-order valence-electron chi connectivity index (χ2n) is 5.31. The van der Waals surface area contributed by atoms with Crippen LogP contribution in [0.3, 0.4) is 0 Å². The zero-order chi connectivity index (χ0) is 15.4. The van der Waals surface area contributed by atoms with Crippen LogP contribution in [0.4, 0.5) is 0 Å². The van der Waals surface area contributed by atoms with Gasteiger partial charge in [-0.15, -0.1) is 11.6 Å². The maximum Gasteiger partial charge on any atom is 0.237 e. The van der Waals surface area contributed by atoms with Crippen LogP contribution in [0.1, 0.15) is 19.3 Å². The largest absolute Gasteiger partial charge is 0.465 e. The molecule has 0 radical (unpaired) electrons. The van der Waals surface area contributed by atoms with E-state index in [1.54, 1.807) is 17.4 Å². The molecule has 0 spiro atoms. The number of nitrogens with zero attached hydrogens (tertiary/aromatic N) is 1. The number of rotatable bonds is 3. The molecular formula is C17H18ClNO3. The molecule has 0 saturated heterocycles. The molecule has 4 nitrogen and oxygen atoms in total. The Hall–Kier alpha value is -1.94. The van der Waals surface area contributed by atoms with Crippen molar-refractivity contribution in [2.75, 3.05) is 19.0 Å². The third-order valence-electron chi connectivity index (χ3n) is 3.89. The second-order valence-corrected chi connectivity index (χ2v) is 5.58. The lowest BCUT2D eigenvalue weighted by Gasteiger charge is -2.28. The Morgan fingerprint density at radius 1 is 1.23 bits per heavy atom. The number of carbonyl (C=O) groups excluding carboxylic acids is 1. The Morgan fingerprint density at radius 3 is 2.68 bits per heavy atom. The molecule has 0 saturated carbocycles. The van der Waals surface area contributed by atoms with E-state index in [2.05, 4.69) is 12.2 Å². The molecule has 0 N–H and O–H groups in total. The van der Waals surface area contributed by atoms with Crippen molar-refractivity contribution in [2.24, 2.45) is 0 Å². The van der Waals surface area contributed by atoms with Gasteiger partial charge in [0.2, 0.25) is 5.91 Å². The summed E-state index contributed by atoms with van der Waals surface area (Å²) in [6.45, 7) is 1.22. The van der Waals surface area contributed by atoms with Gasteiger partial charge in [-0.2, -0.15) is 0 Å². The molecule has 3 aliphatic rings. The Kier molecular flexibility index (Phi) is 4.68. The zero-order valence-electron chi connectivity index (χ0n) is 12.3. The summed E-state index contributed by atoms with van der Waals surface area (Å²) in [5.74, 6) is 1.49. The van der Waals surface area contributed by atoms with E-state index in [-0.39, 0.29) is 11.8 Å². The number of ether oxygens (including phenoxy) is 2. The normalized spacial score (nSPS) is 21.0. The first-order valence-corrected chi connectivity index (χ1v) is 7.94. The third-order valence-corrected chi connectivity index (χ3v) is 4.12. The molecule has 2 aliphatic heterocycles. The average molecular weight is 320 g/mol. The van der Waals surface area contributed by atoms with Crippen molar-refractivity contribution in [2.45, 2.75) is 19.3 Å². The lowest BCUT2D eigenvalue weighted by molar-refractivity contribution is -0.128. The van der Waals surface area contributed by atoms with Crippen molar-refractivity contribution in [3.8, 4) is 0 Å². The third kappa shape index (κ3) is 3.28. The van der Waals surface area contributed by atoms with Crippen LogP contribution in [0.25, 0.3) is 0 Å². The van der Waals surface area contributed by atoms with Crippen LogP contribution < -0.4 is 0 Å². The summed E-state index contributed by atoms with van der Waals surface area (Å²) < 4.78 is 11.4. The van der Waals surface area contributed by atoms with Gasteiger partial charge in [-0.3, -0.25) is 4.79 Å². The first kappa shape index (κ1) is 15.0. The summed E-state index contributed by atoms with van der Waals surface area (Å²) in [4.78, 5) is 13.3. The highest BCUT2D eigenvalue weighted by atomic mass is 35.5. The van der Waals surface area contributed by atoms with Gasteiger partial charge in [0.15, 0.2) is 11.5 Å². The molecule has 3 rings (SSSR count). The van der Waals surface area contributed by atoms with Gasteiger partial charge >= 0.3 is 0 Å². The molecule has 0 fully saturated rings. The van der Waals surface area contributed by atoms with Gasteiger partial charge < -0.3 is 14.4 Å². The first-order chi connectivity index (χ1) is 10.8. The van der Waals surface area contributed by atoms with Gasteiger partial charge in [-0.25, -0.2) is 0 Å². The molecule has 0 aromatic heterocycles. The molecule has 0 unspecified atom stereocenters. The fraction of sp³-hybridized carbons (Fsp3) is 0.353. The number of alkyl halides is 1. The fourth-order valence-corrected chi connectivity index (χ4v) is 2.79. The van der Waals surface area contributed by atoms with Gasteiger partial charge in [0, 0.05) is 13.1 Å². The van der Waals surface area contributed by atoms with Gasteiger partial charge in [-0.05, 0) is 30.4 Å². The Morgan fingerprint density at radius 2 is 2.05 bits per heavy atom. The molecular weight excluding hydrogens is 302 g/mol. The van der Waals surface area contributed by atoms with Crippen molar-refractivity contribution in [1.82, 2.24) is 4.90 Å². The highest BCUT2D eigenvalue weighted by Crippen LogP contribution is 2.30. The average Bonchev–Trinajstić information content (AvgIpc) is 2.62. The SMILES string of the molecule is O=C(CCl)N1CC=C(C2=COC=C(C3=CC=CCC3)O2)CC1. The highest BCUT2D eigenvalue weighted by molar-refractivity contribution is 6.27. The van der Waals surface area contributed by atoms with E-state index in [4.69, 9.17) is 21.1 Å². The highest BCUT2D eigenvalue weighted by Gasteiger charge is 2.22. The minimum atomic E-state index is -0.0357. The number of halogens is 1. The van der Waals surface area contributed by atoms with Crippen LogP contribution in [0.2, 0.25) is 0 Å². The van der Waals surface area contributed by atoms with Gasteiger partial charge in [0.1, 0.15) is 18.4 Å². The first-order valence-electron chi connectivity index (χ1n) is 7.41. The maximum absolute atomic E-state index is 11.6. The summed E-state index contributed by atoms with van der Waals surface area (Å²) >= 11 is 5.59. The van der Waals surface area contributed by atoms with Crippen LogP contribution in [-0.2, 0) is 14.3 Å². The lowest BCUT2D eigenvalue weighted by Crippen LogP contribution is -2.36. The molecule has 5 heteroatoms. The molecule has 0 aromatic carbocycles. The fourth-order valence-electron chi connectivity index (χ4n) is 2.62. The molecule has 0 aromatic rings. The summed E-state index contributed by atoms with van der Waals surface area (Å²) in [5, 5.41) is 0. The van der Waals surface area contributed by atoms with Crippen molar-refractivity contribution < 1.29 is 14.3 Å². The van der Waals surface area contributed by atoms with Crippen molar-refractivity contribution in [3.63, 3.8) is 0 Å². The Balaban J connectivity index is 1.65. The number of hydrogen-bond acceptors (Lipinski definition) is 3. The minimum absolute atomic E-state index is 0.0278. The van der Waals surface area contributed by atoms with Gasteiger partial charge in [0.25, 0.3) is 0 Å². The zero-order valence-corrected chi connectivity index (χ0v) is 13.0. The molecule has 2 heterocycles. The molecule has 22 heavy (non-hydrogen) atoms. The molecule has 0 atom stereocenters. The molecule has 116 valence electrons. The van der Waals surface area contributed by atoms with E-state index >= 15 is 0 Å². The van der Waals surface area contributed by atoms with Gasteiger partial charge in [-0.1, -0.05) is 24.3 Å². The summed E-state index contributed by atoms with van der Waals surface area (Å²) in [6, 6.07) is 0. The summed E-state index contributed by atoms with van der Waals surface area (Å²) in [5.41, 5.74) is 2.21. The van der Waals surface area contributed by atoms with Gasteiger partial charge in [0.05, 0.1) is 0 Å². The predicted molar refractivity (Wildman–Crippen MR) is 84.8 cm³/mol. The van der Waals surface area contributed by atoms with Crippen LogP contribution in [0.15, 0.2) is 59.5 Å². The summed E-state index contributed by atoms with van der Waals surface area (Å²) in [6.07, 6.45) is 14.2. The standard InChI is InChI=1S/C17H18ClNO3/c18-10-17(20)19-8-6-14(7-9-19)16-12-21-11-15(22-16)13-4-2-1-3-5-13/h1-2,4,6,11-12H,3,5,7-10H2. The Labute approximate surface area is 135 Å². The van der Waals surface area contributed by atoms with E-state index < -0.39 is 0 Å². The number of amides is 1. The molecule has 0 bridgehead atoms. The smallest absolute Gasteiger partial charge is 0.237 e. The van der Waals surface area contributed by atoms with Crippen LogP contribution >= 0.6 is 11.6 Å². The molecule has 1 aliphatic carbocycles. The second kappa shape index (κ2) is 6.88. The monoisotopic (exact) mass is 319 g/mol. The number of hydrogen-bond donors (Lipinski definition) is 0. The van der Waals surface area contributed by atoms with Crippen molar-refractivity contribution in [1.29, 1.82) is 0 Å². The summed E-state index contributed by atoms with van der Waals surface area (Å²) in [7, 11) is 0. The number of allylic oxidation sites excluding steroid dienone is 5. The molecule has 1 amide bonds. The maximum atomic E-state index is 11.6. The van der Waals surface area contributed by atoms with E-state index in [1.165, 1.54) is 0 Å². The number of carbonyl (C=O) groups is 1. The van der Waals surface area contributed by atoms with E-state index in [0.717, 1.165) is 41.9 Å². The van der Waals surface area contributed by atoms with Crippen LogP contribution in [-0.4, -0.2) is 29.8 Å². The van der Waals surface area contributed by atoms with E-state index in [9.17, 15) is 4.79 Å². The topological polar surface area (TPSA) is 38.8 Å². The van der Waals surface area contributed by atoms with Crippen LogP contribution in [0, 0.1) is 0 Å². The minimum Gasteiger partial charge on any atom is -0.465 e. The lowest BCUT2D eigenvalue weighted by atomic mass is 10.0. The quantitative estimate of drug-likeness (QED) is 0.748. The van der Waals surface area contributed by atoms with Crippen molar-refractivity contribution >= 4 is 17.5 Å². The van der Waals surface area contributed by atoms with Crippen LogP contribution in [0.5, 0.6) is 0 Å². The Bertz CT molecular complexity index is 613. The van der Waals surface area contributed by atoms with Crippen molar-refractivity contribution in [3.05, 3.63) is 59.5 Å². The predicted octanol–water partition coefficient (Wildman–Crippen LogP) is 3.39. The van der Waals surface area contributed by atoms with E-state index in [1.807, 2.05) is 12.2 Å².